The molecule has 3 saturated heterocycles. The summed E-state index contributed by atoms with van der Waals surface area (Å²) in [6.45, 7) is 7.24. The second-order valence-electron chi connectivity index (χ2n) is 7.94. The predicted octanol–water partition coefficient (Wildman–Crippen LogP) is 4.80. The Morgan fingerprint density at radius 3 is 2.19 bits per heavy atom. The fraction of sp³-hybridized carbons (Fsp3) is 0.435. The number of ether oxygens (including phenoxy) is 1. The summed E-state index contributed by atoms with van der Waals surface area (Å²) in [6, 6.07) is 18.5. The van der Waals surface area contributed by atoms with E-state index in [0.29, 0.717) is 5.92 Å². The number of hydrogen-bond donors (Lipinski definition) is 0. The van der Waals surface area contributed by atoms with Gasteiger partial charge in [-0.1, -0.05) is 42.5 Å². The number of rotatable bonds is 4. The summed E-state index contributed by atoms with van der Waals surface area (Å²) in [5.41, 5.74) is 3.21. The second kappa shape index (κ2) is 7.73. The SMILES string of the molecule is CC(C)N(C(=O)OC1CN2CCC1CC2)c1ccc(-c2ccccc2)cc1. The highest BCUT2D eigenvalue weighted by Gasteiger charge is 2.37. The van der Waals surface area contributed by atoms with E-state index in [1.165, 1.54) is 5.56 Å². The molecule has 142 valence electrons. The molecule has 2 aromatic carbocycles. The van der Waals surface area contributed by atoms with E-state index in [0.717, 1.165) is 43.7 Å². The molecular weight excluding hydrogens is 336 g/mol. The average Bonchev–Trinajstić information content (AvgIpc) is 2.70. The van der Waals surface area contributed by atoms with Gasteiger partial charge in [-0.25, -0.2) is 4.79 Å². The van der Waals surface area contributed by atoms with Gasteiger partial charge in [0.2, 0.25) is 0 Å². The van der Waals surface area contributed by atoms with Crippen LogP contribution in [0.3, 0.4) is 0 Å². The van der Waals surface area contributed by atoms with Gasteiger partial charge in [0, 0.05) is 18.3 Å². The van der Waals surface area contributed by atoms with Gasteiger partial charge >= 0.3 is 6.09 Å². The lowest BCUT2D eigenvalue weighted by Gasteiger charge is -2.44. The summed E-state index contributed by atoms with van der Waals surface area (Å²) < 4.78 is 5.96. The highest BCUT2D eigenvalue weighted by atomic mass is 16.6. The first kappa shape index (κ1) is 18.1. The molecule has 4 heteroatoms. The number of anilines is 1. The van der Waals surface area contributed by atoms with Gasteiger partial charge in [0.25, 0.3) is 0 Å². The number of carbonyl (C=O) groups is 1. The fourth-order valence-electron chi connectivity index (χ4n) is 4.29. The van der Waals surface area contributed by atoms with E-state index in [9.17, 15) is 4.79 Å². The standard InChI is InChI=1S/C23H28N2O2/c1-17(2)25(23(26)27-22-16-24-14-12-20(22)13-15-24)21-10-8-19(9-11-21)18-6-4-3-5-7-18/h3-11,17,20,22H,12-16H2,1-2H3. The van der Waals surface area contributed by atoms with Crippen molar-refractivity contribution in [2.24, 2.45) is 5.92 Å². The third-order valence-corrected chi connectivity index (χ3v) is 5.81. The minimum atomic E-state index is -0.226. The van der Waals surface area contributed by atoms with Gasteiger partial charge in [-0.2, -0.15) is 0 Å². The summed E-state index contributed by atoms with van der Waals surface area (Å²) in [5.74, 6) is 0.522. The van der Waals surface area contributed by atoms with Crippen LogP contribution in [0.25, 0.3) is 11.1 Å². The van der Waals surface area contributed by atoms with Gasteiger partial charge in [0.15, 0.2) is 0 Å². The van der Waals surface area contributed by atoms with Crippen LogP contribution in [0, 0.1) is 5.92 Å². The molecule has 1 atom stereocenters. The van der Waals surface area contributed by atoms with Crippen LogP contribution in [0.1, 0.15) is 26.7 Å². The first-order valence-electron chi connectivity index (χ1n) is 9.99. The lowest BCUT2D eigenvalue weighted by atomic mass is 9.86. The van der Waals surface area contributed by atoms with Crippen molar-refractivity contribution in [3.63, 3.8) is 0 Å². The maximum atomic E-state index is 13.0. The largest absolute Gasteiger partial charge is 0.444 e. The van der Waals surface area contributed by atoms with E-state index in [-0.39, 0.29) is 18.2 Å². The van der Waals surface area contributed by atoms with Crippen molar-refractivity contribution in [1.82, 2.24) is 4.90 Å². The summed E-state index contributed by atoms with van der Waals surface area (Å²) in [6.07, 6.45) is 2.10. The zero-order valence-corrected chi connectivity index (χ0v) is 16.2. The molecule has 1 unspecified atom stereocenters. The minimum absolute atomic E-state index is 0.0323. The first-order valence-corrected chi connectivity index (χ1v) is 9.99. The summed E-state index contributed by atoms with van der Waals surface area (Å²) in [5, 5.41) is 0. The molecule has 3 fully saturated rings. The molecule has 0 N–H and O–H groups in total. The molecule has 4 nitrogen and oxygen atoms in total. The van der Waals surface area contributed by atoms with Gasteiger partial charge < -0.3 is 4.74 Å². The minimum Gasteiger partial charge on any atom is -0.444 e. The number of piperidine rings is 3. The molecule has 3 heterocycles. The van der Waals surface area contributed by atoms with E-state index in [1.807, 2.05) is 44.2 Å². The number of nitrogens with zero attached hydrogens (tertiary/aromatic N) is 2. The number of benzene rings is 2. The fourth-order valence-corrected chi connectivity index (χ4v) is 4.29. The van der Waals surface area contributed by atoms with Crippen LogP contribution in [0.2, 0.25) is 0 Å². The number of amides is 1. The molecule has 3 aliphatic heterocycles. The molecule has 1 amide bonds. The van der Waals surface area contributed by atoms with Crippen molar-refractivity contribution in [3.05, 3.63) is 54.6 Å². The summed E-state index contributed by atoms with van der Waals surface area (Å²) in [4.78, 5) is 17.1. The predicted molar refractivity (Wildman–Crippen MR) is 109 cm³/mol. The second-order valence-corrected chi connectivity index (χ2v) is 7.94. The van der Waals surface area contributed by atoms with Crippen molar-refractivity contribution in [1.29, 1.82) is 0 Å². The van der Waals surface area contributed by atoms with Crippen LogP contribution in [0.5, 0.6) is 0 Å². The molecular formula is C23H28N2O2. The first-order chi connectivity index (χ1) is 13.1. The molecule has 0 spiro atoms. The van der Waals surface area contributed by atoms with Crippen molar-refractivity contribution >= 4 is 11.8 Å². The normalized spacial score (nSPS) is 24.0. The van der Waals surface area contributed by atoms with Crippen molar-refractivity contribution in [3.8, 4) is 11.1 Å². The zero-order valence-electron chi connectivity index (χ0n) is 16.2. The van der Waals surface area contributed by atoms with Gasteiger partial charge in [-0.05, 0) is 69.0 Å². The monoisotopic (exact) mass is 364 g/mol. The van der Waals surface area contributed by atoms with Crippen LogP contribution >= 0.6 is 0 Å². The average molecular weight is 364 g/mol. The summed E-state index contributed by atoms with van der Waals surface area (Å²) >= 11 is 0. The molecule has 3 aliphatic rings. The van der Waals surface area contributed by atoms with Crippen LogP contribution in [0.15, 0.2) is 54.6 Å². The van der Waals surface area contributed by atoms with Crippen LogP contribution < -0.4 is 4.90 Å². The number of carbonyl (C=O) groups excluding carboxylic acids is 1. The van der Waals surface area contributed by atoms with Crippen LogP contribution in [0.4, 0.5) is 10.5 Å². The maximum absolute atomic E-state index is 13.0. The van der Waals surface area contributed by atoms with Gasteiger partial charge in [-0.15, -0.1) is 0 Å². The zero-order chi connectivity index (χ0) is 18.8. The van der Waals surface area contributed by atoms with E-state index >= 15 is 0 Å². The van der Waals surface area contributed by atoms with Crippen molar-refractivity contribution in [2.75, 3.05) is 24.5 Å². The van der Waals surface area contributed by atoms with Gasteiger partial charge in [0.05, 0.1) is 0 Å². The topological polar surface area (TPSA) is 32.8 Å². The van der Waals surface area contributed by atoms with Crippen LogP contribution in [-0.2, 0) is 4.74 Å². The quantitative estimate of drug-likeness (QED) is 0.781. The Kier molecular flexibility index (Phi) is 5.17. The Balaban J connectivity index is 1.49. The van der Waals surface area contributed by atoms with Gasteiger partial charge in [0.1, 0.15) is 6.10 Å². The molecule has 2 bridgehead atoms. The molecule has 0 radical (unpaired) electrons. The van der Waals surface area contributed by atoms with Crippen LogP contribution in [-0.4, -0.2) is 42.8 Å². The third-order valence-electron chi connectivity index (χ3n) is 5.81. The van der Waals surface area contributed by atoms with E-state index in [4.69, 9.17) is 4.74 Å². The Labute approximate surface area is 161 Å². The molecule has 0 aromatic heterocycles. The van der Waals surface area contributed by atoms with E-state index in [2.05, 4.69) is 29.2 Å². The molecule has 27 heavy (non-hydrogen) atoms. The van der Waals surface area contributed by atoms with Crippen molar-refractivity contribution in [2.45, 2.75) is 38.8 Å². The molecule has 0 aliphatic carbocycles. The molecule has 2 aromatic rings. The third kappa shape index (κ3) is 3.86. The molecule has 0 saturated carbocycles. The Morgan fingerprint density at radius 2 is 1.63 bits per heavy atom. The lowest BCUT2D eigenvalue weighted by Crippen LogP contribution is -2.53. The number of fused-ring (bicyclic) bond motifs is 3. The lowest BCUT2D eigenvalue weighted by molar-refractivity contribution is -0.0313. The molecule has 5 rings (SSSR count). The highest BCUT2D eigenvalue weighted by molar-refractivity contribution is 5.88. The Hall–Kier alpha value is -2.33. The maximum Gasteiger partial charge on any atom is 0.414 e. The van der Waals surface area contributed by atoms with Crippen molar-refractivity contribution < 1.29 is 9.53 Å². The van der Waals surface area contributed by atoms with Gasteiger partial charge in [-0.3, -0.25) is 9.80 Å². The number of hydrogen-bond acceptors (Lipinski definition) is 3. The Morgan fingerprint density at radius 1 is 1.00 bits per heavy atom. The summed E-state index contributed by atoms with van der Waals surface area (Å²) in [7, 11) is 0. The highest BCUT2D eigenvalue weighted by Crippen LogP contribution is 2.31. The smallest absolute Gasteiger partial charge is 0.414 e. The Bertz CT molecular complexity index is 765. The van der Waals surface area contributed by atoms with E-state index < -0.39 is 0 Å². The van der Waals surface area contributed by atoms with E-state index in [1.54, 1.807) is 4.90 Å².